The largest absolute Gasteiger partial charge is 0.504 e. The predicted molar refractivity (Wildman–Crippen MR) is 108 cm³/mol. The molecule has 3 heterocycles. The van der Waals surface area contributed by atoms with Crippen molar-refractivity contribution < 1.29 is 14.4 Å². The maximum absolute atomic E-state index is 10.6. The molecule has 0 fully saturated rings. The summed E-state index contributed by atoms with van der Waals surface area (Å²) in [7, 11) is 0. The van der Waals surface area contributed by atoms with Crippen molar-refractivity contribution >= 4 is 21.6 Å². The van der Waals surface area contributed by atoms with Crippen LogP contribution in [0.2, 0.25) is 0 Å². The number of rotatable bonds is 3. The number of phenols is 1. The van der Waals surface area contributed by atoms with E-state index in [9.17, 15) is 5.11 Å². The number of aromatic hydroxyl groups is 1. The Morgan fingerprint density at radius 1 is 1.21 bits per heavy atom. The predicted octanol–water partition coefficient (Wildman–Crippen LogP) is 4.36. The van der Waals surface area contributed by atoms with Gasteiger partial charge in [0.25, 0.3) is 0 Å². The second kappa shape index (κ2) is 6.92. The number of para-hydroxylation sites is 1. The molecule has 7 heteroatoms. The van der Waals surface area contributed by atoms with Gasteiger partial charge >= 0.3 is 0 Å². The quantitative estimate of drug-likeness (QED) is 0.558. The van der Waals surface area contributed by atoms with Crippen molar-refractivity contribution in [3.8, 4) is 22.1 Å². The molecule has 0 unspecified atom stereocenters. The average Bonchev–Trinajstić information content (AvgIpc) is 3.23. The summed E-state index contributed by atoms with van der Waals surface area (Å²) in [5, 5.41) is 15.4. The maximum atomic E-state index is 10.6. The van der Waals surface area contributed by atoms with Crippen LogP contribution >= 0.6 is 11.3 Å². The van der Waals surface area contributed by atoms with Gasteiger partial charge in [-0.15, -0.1) is 11.3 Å². The molecule has 1 aliphatic heterocycles. The number of hydrogen-bond donors (Lipinski definition) is 1. The Kier molecular flexibility index (Phi) is 4.26. The van der Waals surface area contributed by atoms with Gasteiger partial charge in [0.1, 0.15) is 11.6 Å². The zero-order valence-corrected chi connectivity index (χ0v) is 16.2. The lowest BCUT2D eigenvalue weighted by Gasteiger charge is -2.17. The van der Waals surface area contributed by atoms with E-state index in [0.717, 1.165) is 44.4 Å². The molecule has 2 aromatic carbocycles. The number of aryl methyl sites for hydroxylation is 1. The third-order valence-electron chi connectivity index (χ3n) is 4.79. The fraction of sp³-hybridized carbons (Fsp3) is 0.238. The van der Waals surface area contributed by atoms with Gasteiger partial charge < -0.3 is 14.4 Å². The highest BCUT2D eigenvalue weighted by atomic mass is 32.1. The topological polar surface area (TPSA) is 71.6 Å². The van der Waals surface area contributed by atoms with Crippen LogP contribution in [0.25, 0.3) is 20.8 Å². The lowest BCUT2D eigenvalue weighted by atomic mass is 10.1. The Bertz CT molecular complexity index is 1120. The molecule has 0 amide bonds. The number of benzene rings is 2. The summed E-state index contributed by atoms with van der Waals surface area (Å²) in [5.74, 6) is 1.54. The molecule has 1 aliphatic rings. The molecule has 142 valence electrons. The SMILES string of the molecule is Cc1cc(CN2CCOc3c(O)cc(-c4nc5ccccc5s4)cc3C2)on1. The molecular weight excluding hydrogens is 374 g/mol. The molecule has 4 aromatic rings. The molecule has 0 saturated heterocycles. The number of ether oxygens (including phenoxy) is 1. The Morgan fingerprint density at radius 3 is 2.93 bits per heavy atom. The Labute approximate surface area is 166 Å². The summed E-state index contributed by atoms with van der Waals surface area (Å²) in [5.41, 5.74) is 3.69. The summed E-state index contributed by atoms with van der Waals surface area (Å²) < 4.78 is 12.3. The van der Waals surface area contributed by atoms with Gasteiger partial charge in [-0.05, 0) is 31.2 Å². The maximum Gasteiger partial charge on any atom is 0.165 e. The van der Waals surface area contributed by atoms with Crippen molar-refractivity contribution in [2.45, 2.75) is 20.0 Å². The molecule has 5 rings (SSSR count). The van der Waals surface area contributed by atoms with E-state index in [1.165, 1.54) is 0 Å². The van der Waals surface area contributed by atoms with Crippen LogP contribution in [0.3, 0.4) is 0 Å². The number of nitrogens with zero attached hydrogens (tertiary/aromatic N) is 3. The van der Waals surface area contributed by atoms with Crippen LogP contribution in [-0.4, -0.2) is 33.3 Å². The number of aromatic nitrogens is 2. The fourth-order valence-electron chi connectivity index (χ4n) is 3.52. The molecular formula is C21H19N3O3S. The van der Waals surface area contributed by atoms with Gasteiger partial charge in [0.05, 0.1) is 22.5 Å². The lowest BCUT2D eigenvalue weighted by Crippen LogP contribution is -2.25. The van der Waals surface area contributed by atoms with Crippen LogP contribution < -0.4 is 4.74 Å². The highest BCUT2D eigenvalue weighted by molar-refractivity contribution is 7.21. The molecule has 2 aromatic heterocycles. The van der Waals surface area contributed by atoms with E-state index in [2.05, 4.69) is 22.2 Å². The number of thiazole rings is 1. The minimum absolute atomic E-state index is 0.157. The zero-order valence-electron chi connectivity index (χ0n) is 15.4. The number of fused-ring (bicyclic) bond motifs is 2. The smallest absolute Gasteiger partial charge is 0.165 e. The van der Waals surface area contributed by atoms with E-state index in [1.807, 2.05) is 31.2 Å². The monoisotopic (exact) mass is 393 g/mol. The van der Waals surface area contributed by atoms with Crippen molar-refractivity contribution in [2.24, 2.45) is 0 Å². The molecule has 0 radical (unpaired) electrons. The van der Waals surface area contributed by atoms with Crippen LogP contribution in [0.15, 0.2) is 47.0 Å². The first-order chi connectivity index (χ1) is 13.7. The second-order valence-corrected chi connectivity index (χ2v) is 7.99. The average molecular weight is 393 g/mol. The highest BCUT2D eigenvalue weighted by Gasteiger charge is 2.21. The van der Waals surface area contributed by atoms with E-state index in [4.69, 9.17) is 14.2 Å². The molecule has 28 heavy (non-hydrogen) atoms. The minimum Gasteiger partial charge on any atom is -0.504 e. The Hall–Kier alpha value is -2.90. The molecule has 6 nitrogen and oxygen atoms in total. The van der Waals surface area contributed by atoms with Gasteiger partial charge in [0.2, 0.25) is 0 Å². The normalized spacial score (nSPS) is 14.6. The van der Waals surface area contributed by atoms with Crippen molar-refractivity contribution in [1.29, 1.82) is 0 Å². The van der Waals surface area contributed by atoms with Crippen LogP contribution in [0.1, 0.15) is 17.0 Å². The number of hydrogen-bond acceptors (Lipinski definition) is 7. The standard InChI is InChI=1S/C21H19N3O3S/c1-13-8-16(27-23-13)12-24-6-7-26-20-15(11-24)9-14(10-18(20)25)21-22-17-4-2-3-5-19(17)28-21/h2-5,8-10,25H,6-7,11-12H2,1H3. The Morgan fingerprint density at radius 2 is 2.11 bits per heavy atom. The van der Waals surface area contributed by atoms with E-state index in [1.54, 1.807) is 17.4 Å². The molecule has 0 spiro atoms. The zero-order chi connectivity index (χ0) is 19.1. The first-order valence-electron chi connectivity index (χ1n) is 9.15. The minimum atomic E-state index is 0.157. The summed E-state index contributed by atoms with van der Waals surface area (Å²) >= 11 is 1.62. The summed E-state index contributed by atoms with van der Waals surface area (Å²) in [6.07, 6.45) is 0. The second-order valence-electron chi connectivity index (χ2n) is 6.96. The van der Waals surface area contributed by atoms with E-state index < -0.39 is 0 Å². The molecule has 0 atom stereocenters. The van der Waals surface area contributed by atoms with Crippen LogP contribution in [0.5, 0.6) is 11.5 Å². The lowest BCUT2D eigenvalue weighted by molar-refractivity contribution is 0.198. The summed E-state index contributed by atoms with van der Waals surface area (Å²) in [6.45, 7) is 4.46. The molecule has 1 N–H and O–H groups in total. The van der Waals surface area contributed by atoms with Crippen molar-refractivity contribution in [3.05, 3.63) is 59.5 Å². The molecule has 0 aliphatic carbocycles. The first kappa shape index (κ1) is 17.2. The summed E-state index contributed by atoms with van der Waals surface area (Å²) in [4.78, 5) is 6.95. The van der Waals surface area contributed by atoms with Crippen molar-refractivity contribution in [2.75, 3.05) is 13.2 Å². The fourth-order valence-corrected chi connectivity index (χ4v) is 4.47. The van der Waals surface area contributed by atoms with Crippen molar-refractivity contribution in [1.82, 2.24) is 15.0 Å². The van der Waals surface area contributed by atoms with Gasteiger partial charge in [-0.25, -0.2) is 4.98 Å². The third kappa shape index (κ3) is 3.23. The number of phenolic OH excluding ortho intramolecular Hbond substituents is 1. The van der Waals surface area contributed by atoms with E-state index >= 15 is 0 Å². The first-order valence-corrected chi connectivity index (χ1v) is 9.96. The van der Waals surface area contributed by atoms with Crippen molar-refractivity contribution in [3.63, 3.8) is 0 Å². The van der Waals surface area contributed by atoms with Gasteiger partial charge in [-0.3, -0.25) is 4.90 Å². The van der Waals surface area contributed by atoms with E-state index in [-0.39, 0.29) is 5.75 Å². The Balaban J connectivity index is 1.49. The van der Waals surface area contributed by atoms with Gasteiger partial charge in [0, 0.05) is 30.3 Å². The molecule has 0 bridgehead atoms. The third-order valence-corrected chi connectivity index (χ3v) is 5.88. The van der Waals surface area contributed by atoms with Gasteiger partial charge in [-0.2, -0.15) is 0 Å². The van der Waals surface area contributed by atoms with Gasteiger partial charge in [0.15, 0.2) is 17.3 Å². The van der Waals surface area contributed by atoms with Crippen LogP contribution in [-0.2, 0) is 13.1 Å². The van der Waals surface area contributed by atoms with Gasteiger partial charge in [-0.1, -0.05) is 17.3 Å². The van der Waals surface area contributed by atoms with E-state index in [0.29, 0.717) is 25.4 Å². The highest BCUT2D eigenvalue weighted by Crippen LogP contribution is 2.39. The van der Waals surface area contributed by atoms with Crippen LogP contribution in [0, 0.1) is 6.92 Å². The summed E-state index contributed by atoms with van der Waals surface area (Å²) in [6, 6.07) is 13.8. The molecule has 0 saturated carbocycles. The van der Waals surface area contributed by atoms with Crippen LogP contribution in [0.4, 0.5) is 0 Å².